The molecular formula is C22H37NO3Si. The largest absolute Gasteiger partial charge is 0.413 e. The molecule has 0 aromatic heterocycles. The molecule has 0 aromatic carbocycles. The van der Waals surface area contributed by atoms with Crippen LogP contribution < -0.4 is 0 Å². The standard InChI is InChI=1S/C22H37NO3Si/c1-8-11-22-16(14-19(25)23-12-9-10-17(22)23)20(15(2)13-18(22)24)26-27(6,7)21(3,4)5/h8,15-17,20H,1,9-14H2,2-7H3/t15-,16+,17+,20-,22+/m0/s1. The molecule has 5 heteroatoms. The molecule has 1 amide bonds. The second kappa shape index (κ2) is 6.84. The third-order valence-corrected chi connectivity index (χ3v) is 12.4. The predicted octanol–water partition coefficient (Wildman–Crippen LogP) is 4.56. The van der Waals surface area contributed by atoms with Gasteiger partial charge in [-0.1, -0.05) is 33.8 Å². The molecule has 0 bridgehead atoms. The van der Waals surface area contributed by atoms with Gasteiger partial charge in [-0.2, -0.15) is 0 Å². The summed E-state index contributed by atoms with van der Waals surface area (Å²) in [5.41, 5.74) is -0.494. The maximum atomic E-state index is 13.5. The van der Waals surface area contributed by atoms with Gasteiger partial charge >= 0.3 is 0 Å². The van der Waals surface area contributed by atoms with E-state index in [1.165, 1.54) is 0 Å². The van der Waals surface area contributed by atoms with Crippen molar-refractivity contribution in [2.24, 2.45) is 17.3 Å². The van der Waals surface area contributed by atoms with Crippen molar-refractivity contribution in [2.75, 3.05) is 6.54 Å². The molecule has 0 N–H and O–H groups in total. The molecule has 5 atom stereocenters. The van der Waals surface area contributed by atoms with E-state index >= 15 is 0 Å². The summed E-state index contributed by atoms with van der Waals surface area (Å²) in [7, 11) is -2.01. The van der Waals surface area contributed by atoms with Crippen LogP contribution in [0.3, 0.4) is 0 Å². The lowest BCUT2D eigenvalue weighted by Gasteiger charge is -2.58. The van der Waals surface area contributed by atoms with Crippen molar-refractivity contribution in [3.63, 3.8) is 0 Å². The number of Topliss-reactive ketones (excluding diaryl/α,β-unsaturated/α-hetero) is 1. The van der Waals surface area contributed by atoms with Crippen molar-refractivity contribution in [2.45, 2.75) is 90.1 Å². The average molecular weight is 392 g/mol. The highest BCUT2D eigenvalue weighted by molar-refractivity contribution is 6.74. The van der Waals surface area contributed by atoms with Gasteiger partial charge in [0, 0.05) is 31.3 Å². The molecule has 3 rings (SSSR count). The molecule has 4 nitrogen and oxygen atoms in total. The van der Waals surface area contributed by atoms with E-state index in [1.54, 1.807) is 0 Å². The first kappa shape index (κ1) is 20.8. The van der Waals surface area contributed by atoms with Crippen molar-refractivity contribution < 1.29 is 14.0 Å². The Labute approximate surface area is 165 Å². The van der Waals surface area contributed by atoms with Crippen LogP contribution in [-0.4, -0.2) is 43.6 Å². The first-order valence-corrected chi connectivity index (χ1v) is 13.5. The lowest BCUT2D eigenvalue weighted by atomic mass is 9.53. The summed E-state index contributed by atoms with van der Waals surface area (Å²) in [4.78, 5) is 28.4. The van der Waals surface area contributed by atoms with Crippen molar-refractivity contribution in [3.05, 3.63) is 12.7 Å². The molecule has 0 unspecified atom stereocenters. The molecule has 2 heterocycles. The number of amides is 1. The molecule has 3 fully saturated rings. The van der Waals surface area contributed by atoms with E-state index in [-0.39, 0.29) is 34.9 Å². The highest BCUT2D eigenvalue weighted by Gasteiger charge is 2.63. The fourth-order valence-corrected chi connectivity index (χ4v) is 6.92. The SMILES string of the molecule is C=CC[C@@]12C(=O)C[C@H](C)[C@H](O[Si](C)(C)C(C)(C)C)[C@H]1CC(=O)N1CCC[C@@H]12. The van der Waals surface area contributed by atoms with Crippen LogP contribution in [0.4, 0.5) is 0 Å². The van der Waals surface area contributed by atoms with Gasteiger partial charge in [0.15, 0.2) is 8.32 Å². The van der Waals surface area contributed by atoms with E-state index in [0.717, 1.165) is 19.4 Å². The summed E-state index contributed by atoms with van der Waals surface area (Å²) in [5, 5.41) is 0.105. The van der Waals surface area contributed by atoms with Crippen LogP contribution in [0.5, 0.6) is 0 Å². The number of carbonyl (C=O) groups excluding carboxylic acids is 2. The molecule has 0 radical (unpaired) electrons. The van der Waals surface area contributed by atoms with Gasteiger partial charge < -0.3 is 9.33 Å². The van der Waals surface area contributed by atoms with Gasteiger partial charge in [-0.25, -0.2) is 0 Å². The van der Waals surface area contributed by atoms with Crippen LogP contribution in [0, 0.1) is 17.3 Å². The Bertz CT molecular complexity index is 638. The number of rotatable bonds is 4. The Morgan fingerprint density at radius 3 is 2.56 bits per heavy atom. The number of fused-ring (bicyclic) bond motifs is 3. The summed E-state index contributed by atoms with van der Waals surface area (Å²) in [5.74, 6) is 0.690. The minimum absolute atomic E-state index is 0.0183. The number of ketones is 1. The molecule has 2 aliphatic heterocycles. The summed E-state index contributed by atoms with van der Waals surface area (Å²) in [6.07, 6.45) is 5.48. The summed E-state index contributed by atoms with van der Waals surface area (Å²) < 4.78 is 6.92. The zero-order valence-electron chi connectivity index (χ0n) is 18.0. The molecule has 0 aromatic rings. The van der Waals surface area contributed by atoms with Gasteiger partial charge in [-0.05, 0) is 43.3 Å². The fourth-order valence-electron chi connectivity index (χ4n) is 5.49. The Morgan fingerprint density at radius 2 is 1.96 bits per heavy atom. The van der Waals surface area contributed by atoms with E-state index < -0.39 is 13.7 Å². The monoisotopic (exact) mass is 391 g/mol. The van der Waals surface area contributed by atoms with Crippen molar-refractivity contribution in [1.29, 1.82) is 0 Å². The fraction of sp³-hybridized carbons (Fsp3) is 0.818. The van der Waals surface area contributed by atoms with Crippen molar-refractivity contribution >= 4 is 20.0 Å². The number of hydrogen-bond acceptors (Lipinski definition) is 3. The van der Waals surface area contributed by atoms with Gasteiger partial charge in [0.2, 0.25) is 5.91 Å². The molecule has 152 valence electrons. The van der Waals surface area contributed by atoms with Crippen molar-refractivity contribution in [1.82, 2.24) is 4.90 Å². The van der Waals surface area contributed by atoms with Gasteiger partial charge in [0.05, 0.1) is 11.5 Å². The highest BCUT2D eigenvalue weighted by Crippen LogP contribution is 2.56. The predicted molar refractivity (Wildman–Crippen MR) is 111 cm³/mol. The zero-order valence-corrected chi connectivity index (χ0v) is 19.0. The number of allylic oxidation sites excluding steroid dienone is 1. The maximum absolute atomic E-state index is 13.5. The van der Waals surface area contributed by atoms with Crippen LogP contribution in [-0.2, 0) is 14.0 Å². The zero-order chi connectivity index (χ0) is 20.2. The van der Waals surface area contributed by atoms with Crippen LogP contribution in [0.15, 0.2) is 12.7 Å². The summed E-state index contributed by atoms with van der Waals surface area (Å²) in [6, 6.07) is 0.0345. The number of hydrogen-bond donors (Lipinski definition) is 0. The lowest BCUT2D eigenvalue weighted by Crippen LogP contribution is -2.66. The number of carbonyl (C=O) groups is 2. The third-order valence-electron chi connectivity index (χ3n) is 7.93. The molecule has 27 heavy (non-hydrogen) atoms. The first-order valence-electron chi connectivity index (χ1n) is 10.6. The van der Waals surface area contributed by atoms with Gasteiger partial charge in [0.25, 0.3) is 0 Å². The maximum Gasteiger partial charge on any atom is 0.223 e. The topological polar surface area (TPSA) is 46.6 Å². The van der Waals surface area contributed by atoms with E-state index in [1.807, 2.05) is 11.0 Å². The molecule has 3 aliphatic rings. The molecule has 2 saturated heterocycles. The number of nitrogens with zero attached hydrogens (tertiary/aromatic N) is 1. The second-order valence-electron chi connectivity index (χ2n) is 10.5. The highest BCUT2D eigenvalue weighted by atomic mass is 28.4. The molecule has 1 saturated carbocycles. The average Bonchev–Trinajstić information content (AvgIpc) is 3.03. The van der Waals surface area contributed by atoms with Crippen molar-refractivity contribution in [3.8, 4) is 0 Å². The van der Waals surface area contributed by atoms with E-state index in [0.29, 0.717) is 25.0 Å². The van der Waals surface area contributed by atoms with Crippen LogP contribution >= 0.6 is 0 Å². The lowest BCUT2D eigenvalue weighted by molar-refractivity contribution is -0.170. The van der Waals surface area contributed by atoms with Gasteiger partial charge in [0.1, 0.15) is 5.78 Å². The second-order valence-corrected chi connectivity index (χ2v) is 15.3. The quantitative estimate of drug-likeness (QED) is 0.521. The van der Waals surface area contributed by atoms with Gasteiger partial charge in [-0.15, -0.1) is 6.58 Å². The van der Waals surface area contributed by atoms with E-state index in [9.17, 15) is 9.59 Å². The normalized spacial score (nSPS) is 37.2. The Balaban J connectivity index is 2.05. The summed E-state index contributed by atoms with van der Waals surface area (Å²) in [6.45, 7) is 18.2. The van der Waals surface area contributed by atoms with Crippen LogP contribution in [0.1, 0.15) is 59.8 Å². The molecule has 1 aliphatic carbocycles. The minimum atomic E-state index is -2.01. The van der Waals surface area contributed by atoms with E-state index in [2.05, 4.69) is 47.4 Å². The Kier molecular flexibility index (Phi) is 5.26. The first-order chi connectivity index (χ1) is 12.5. The third kappa shape index (κ3) is 3.15. The van der Waals surface area contributed by atoms with Crippen LogP contribution in [0.2, 0.25) is 18.1 Å². The molecular weight excluding hydrogens is 354 g/mol. The minimum Gasteiger partial charge on any atom is -0.413 e. The summed E-state index contributed by atoms with van der Waals surface area (Å²) >= 11 is 0. The van der Waals surface area contributed by atoms with Gasteiger partial charge in [-0.3, -0.25) is 9.59 Å². The Hall–Kier alpha value is -0.943. The van der Waals surface area contributed by atoms with Crippen LogP contribution in [0.25, 0.3) is 0 Å². The molecule has 0 spiro atoms. The Morgan fingerprint density at radius 1 is 1.30 bits per heavy atom. The van der Waals surface area contributed by atoms with E-state index in [4.69, 9.17) is 4.43 Å². The number of piperidine rings is 1. The smallest absolute Gasteiger partial charge is 0.223 e.